The molecule has 2 bridgehead atoms. The maximum Gasteiger partial charge on any atom is 0.0249 e. The van der Waals surface area contributed by atoms with Crippen molar-refractivity contribution in [2.75, 3.05) is 13.1 Å². The van der Waals surface area contributed by atoms with Gasteiger partial charge in [-0.15, -0.1) is 0 Å². The third-order valence-electron chi connectivity index (χ3n) is 4.04. The predicted octanol–water partition coefficient (Wildman–Crippen LogP) is 2.04. The zero-order valence-corrected chi connectivity index (χ0v) is 10.1. The fourth-order valence-corrected chi connectivity index (χ4v) is 4.23. The van der Waals surface area contributed by atoms with Crippen LogP contribution in [0.15, 0.2) is 0 Å². The van der Waals surface area contributed by atoms with Crippen LogP contribution in [0.4, 0.5) is 0 Å². The molecule has 13 heavy (non-hydrogen) atoms. The summed E-state index contributed by atoms with van der Waals surface area (Å²) in [6.07, 6.45) is 7.37. The first-order chi connectivity index (χ1) is 6.34. The fourth-order valence-electron chi connectivity index (χ4n) is 3.49. The molecule has 1 atom stereocenters. The number of nitrogens with zero attached hydrogens (tertiary/aromatic N) is 2. The van der Waals surface area contributed by atoms with E-state index in [0.29, 0.717) is 0 Å². The van der Waals surface area contributed by atoms with E-state index in [1.807, 2.05) is 0 Å². The van der Waals surface area contributed by atoms with Gasteiger partial charge in [0.25, 0.3) is 0 Å². The van der Waals surface area contributed by atoms with Gasteiger partial charge in [0.15, 0.2) is 0 Å². The Balaban J connectivity index is 1.72. The van der Waals surface area contributed by atoms with Crippen molar-refractivity contribution in [2.24, 2.45) is 0 Å². The first-order valence-electron chi connectivity index (χ1n) is 5.53. The lowest BCUT2D eigenvalue weighted by Crippen LogP contribution is -2.39. The van der Waals surface area contributed by atoms with Gasteiger partial charge in [0.05, 0.1) is 0 Å². The van der Waals surface area contributed by atoms with Gasteiger partial charge < -0.3 is 0 Å². The van der Waals surface area contributed by atoms with Crippen LogP contribution in [0, 0.1) is 0 Å². The summed E-state index contributed by atoms with van der Waals surface area (Å²) in [7, 11) is 0. The topological polar surface area (TPSA) is 6.48 Å². The molecule has 3 aliphatic heterocycles. The summed E-state index contributed by atoms with van der Waals surface area (Å²) >= 11 is 2.47. The van der Waals surface area contributed by atoms with E-state index in [-0.39, 0.29) is 0 Å². The Morgan fingerprint density at radius 3 is 1.92 bits per heavy atom. The van der Waals surface area contributed by atoms with E-state index in [0.717, 1.165) is 18.1 Å². The quantitative estimate of drug-likeness (QED) is 0.539. The van der Waals surface area contributed by atoms with Gasteiger partial charge in [-0.3, -0.25) is 4.90 Å². The van der Waals surface area contributed by atoms with Crippen LogP contribution in [0.3, 0.4) is 0 Å². The zero-order valence-electron chi connectivity index (χ0n) is 7.95. The van der Waals surface area contributed by atoms with Gasteiger partial charge in [-0.25, -0.2) is 3.11 Å². The molecule has 0 saturated carbocycles. The lowest BCUT2D eigenvalue weighted by Gasteiger charge is -2.28. The van der Waals surface area contributed by atoms with Gasteiger partial charge in [0, 0.05) is 54.1 Å². The molecule has 74 valence electrons. The SMILES string of the molecule is IN1CC[C@H](N2C3CCC2CC3)C1. The third-order valence-corrected chi connectivity index (χ3v) is 4.92. The second-order valence-electron chi connectivity index (χ2n) is 4.72. The first-order valence-corrected chi connectivity index (χ1v) is 6.49. The second kappa shape index (κ2) is 3.35. The summed E-state index contributed by atoms with van der Waals surface area (Å²) in [6, 6.07) is 2.84. The van der Waals surface area contributed by atoms with Crippen molar-refractivity contribution in [3.05, 3.63) is 0 Å². The van der Waals surface area contributed by atoms with E-state index < -0.39 is 0 Å². The van der Waals surface area contributed by atoms with E-state index in [2.05, 4.69) is 30.9 Å². The van der Waals surface area contributed by atoms with Gasteiger partial charge in [0.1, 0.15) is 0 Å². The van der Waals surface area contributed by atoms with E-state index in [1.54, 1.807) is 0 Å². The molecule has 3 heterocycles. The molecule has 0 N–H and O–H groups in total. The smallest absolute Gasteiger partial charge is 0.0249 e. The molecule has 2 nitrogen and oxygen atoms in total. The summed E-state index contributed by atoms with van der Waals surface area (Å²) in [6.45, 7) is 2.62. The van der Waals surface area contributed by atoms with E-state index in [4.69, 9.17) is 0 Å². The third kappa shape index (κ3) is 1.43. The Kier molecular flexibility index (Phi) is 2.30. The normalized spacial score (nSPS) is 46.4. The van der Waals surface area contributed by atoms with E-state index in [9.17, 15) is 0 Å². The number of halogens is 1. The van der Waals surface area contributed by atoms with E-state index in [1.165, 1.54) is 45.2 Å². The Hall–Kier alpha value is 0.650. The van der Waals surface area contributed by atoms with Gasteiger partial charge in [-0.05, 0) is 32.1 Å². The molecule has 0 aromatic carbocycles. The first kappa shape index (κ1) is 8.92. The molecule has 3 fully saturated rings. The molecule has 0 radical (unpaired) electrons. The van der Waals surface area contributed by atoms with Crippen LogP contribution in [0.25, 0.3) is 0 Å². The zero-order chi connectivity index (χ0) is 8.84. The fraction of sp³-hybridized carbons (Fsp3) is 1.00. The highest BCUT2D eigenvalue weighted by atomic mass is 127. The minimum absolute atomic E-state index is 0.900. The maximum atomic E-state index is 2.86. The Bertz CT molecular complexity index is 189. The molecule has 0 aromatic heterocycles. The van der Waals surface area contributed by atoms with Gasteiger partial charge in [-0.1, -0.05) is 0 Å². The van der Waals surface area contributed by atoms with Gasteiger partial charge in [-0.2, -0.15) is 0 Å². The van der Waals surface area contributed by atoms with Crippen molar-refractivity contribution >= 4 is 22.9 Å². The average molecular weight is 292 g/mol. The van der Waals surface area contributed by atoms with Crippen LogP contribution in [-0.4, -0.2) is 39.2 Å². The molecule has 0 unspecified atom stereocenters. The van der Waals surface area contributed by atoms with Crippen molar-refractivity contribution in [1.82, 2.24) is 8.01 Å². The Morgan fingerprint density at radius 1 is 0.846 bits per heavy atom. The highest BCUT2D eigenvalue weighted by molar-refractivity contribution is 14.1. The molecule has 3 aliphatic rings. The average Bonchev–Trinajstić information content (AvgIpc) is 2.78. The summed E-state index contributed by atoms with van der Waals surface area (Å²) in [5.74, 6) is 0. The molecule has 0 spiro atoms. The molecule has 3 rings (SSSR count). The van der Waals surface area contributed by atoms with Gasteiger partial charge >= 0.3 is 0 Å². The molecule has 0 amide bonds. The molecular formula is C10H17IN2. The molecule has 3 heteroatoms. The monoisotopic (exact) mass is 292 g/mol. The lowest BCUT2D eigenvalue weighted by atomic mass is 10.0. The summed E-state index contributed by atoms with van der Waals surface area (Å²) in [5.41, 5.74) is 0. The number of rotatable bonds is 1. The van der Waals surface area contributed by atoms with Crippen LogP contribution >= 0.6 is 22.9 Å². The highest BCUT2D eigenvalue weighted by Gasteiger charge is 2.44. The minimum atomic E-state index is 0.900. The predicted molar refractivity (Wildman–Crippen MR) is 61.9 cm³/mol. The van der Waals surface area contributed by atoms with Crippen LogP contribution in [0.1, 0.15) is 32.1 Å². The largest absolute Gasteiger partial charge is 0.293 e. The Labute approximate surface area is 94.1 Å². The van der Waals surface area contributed by atoms with Crippen molar-refractivity contribution in [3.8, 4) is 0 Å². The van der Waals surface area contributed by atoms with Crippen molar-refractivity contribution in [3.63, 3.8) is 0 Å². The molecule has 3 saturated heterocycles. The van der Waals surface area contributed by atoms with Gasteiger partial charge in [0.2, 0.25) is 0 Å². The van der Waals surface area contributed by atoms with Crippen LogP contribution < -0.4 is 0 Å². The maximum absolute atomic E-state index is 2.86. The van der Waals surface area contributed by atoms with Crippen molar-refractivity contribution < 1.29 is 0 Å². The van der Waals surface area contributed by atoms with Crippen molar-refractivity contribution in [2.45, 2.75) is 50.2 Å². The Morgan fingerprint density at radius 2 is 1.46 bits per heavy atom. The standard InChI is InChI=1S/C10H17IN2/c11-12-6-5-10(7-12)13-8-1-2-9(13)4-3-8/h8-10H,1-7H2/t8?,9?,10-/m0/s1. The van der Waals surface area contributed by atoms with Crippen LogP contribution in [0.2, 0.25) is 0 Å². The summed E-state index contributed by atoms with van der Waals surface area (Å²) in [4.78, 5) is 2.86. The highest BCUT2D eigenvalue weighted by Crippen LogP contribution is 2.40. The minimum Gasteiger partial charge on any atom is -0.293 e. The molecule has 0 aliphatic carbocycles. The summed E-state index contributed by atoms with van der Waals surface area (Å²) < 4.78 is 2.46. The van der Waals surface area contributed by atoms with E-state index >= 15 is 0 Å². The van der Waals surface area contributed by atoms with Crippen LogP contribution in [0.5, 0.6) is 0 Å². The number of hydrogen-bond acceptors (Lipinski definition) is 2. The number of fused-ring (bicyclic) bond motifs is 2. The van der Waals surface area contributed by atoms with Crippen LogP contribution in [-0.2, 0) is 0 Å². The van der Waals surface area contributed by atoms with Crippen molar-refractivity contribution in [1.29, 1.82) is 0 Å². The summed E-state index contributed by atoms with van der Waals surface area (Å²) in [5, 5.41) is 0. The lowest BCUT2D eigenvalue weighted by molar-refractivity contribution is 0.184. The number of hydrogen-bond donors (Lipinski definition) is 0. The molecular weight excluding hydrogens is 275 g/mol. The molecule has 0 aromatic rings. The second-order valence-corrected chi connectivity index (χ2v) is 6.09.